The fraction of sp³-hybridized carbons (Fsp3) is 0.250. The zero-order chi connectivity index (χ0) is 10.2. The number of benzene rings is 1. The summed E-state index contributed by atoms with van der Waals surface area (Å²) in [5.74, 6) is -0.774. The molecule has 0 amide bonds. The van der Waals surface area contributed by atoms with E-state index in [1.54, 1.807) is 6.08 Å². The predicted molar refractivity (Wildman–Crippen MR) is 61.4 cm³/mol. The van der Waals surface area contributed by atoms with Crippen molar-refractivity contribution in [3.05, 3.63) is 48.0 Å². The highest BCUT2D eigenvalue weighted by atomic mass is 35.5. The fourth-order valence-electron chi connectivity index (χ4n) is 2.03. The van der Waals surface area contributed by atoms with Crippen molar-refractivity contribution in [3.8, 4) is 0 Å². The molecule has 2 nitrogen and oxygen atoms in total. The molecule has 1 aromatic carbocycles. The standard InChI is InChI=1S/C12H12O2.ClH/c1-2-12(11(13)14)7-9-5-3-4-6-10(9)8-12;/h2-6H,1,7-8H2,(H,13,14);1H. The maximum absolute atomic E-state index is 11.2. The second kappa shape index (κ2) is 4.07. The highest BCUT2D eigenvalue weighted by molar-refractivity contribution is 5.85. The molecule has 80 valence electrons. The Labute approximate surface area is 95.0 Å². The zero-order valence-corrected chi connectivity index (χ0v) is 9.09. The molecule has 2 rings (SSSR count). The molecule has 1 N–H and O–H groups in total. The molecule has 3 heteroatoms. The maximum Gasteiger partial charge on any atom is 0.314 e. The van der Waals surface area contributed by atoms with Crippen molar-refractivity contribution >= 4 is 18.4 Å². The van der Waals surface area contributed by atoms with Gasteiger partial charge in [-0.1, -0.05) is 30.3 Å². The van der Waals surface area contributed by atoms with E-state index in [2.05, 4.69) is 6.58 Å². The molecule has 0 unspecified atom stereocenters. The Morgan fingerprint density at radius 3 is 2.13 bits per heavy atom. The Bertz CT molecular complexity index is 373. The SMILES string of the molecule is C=CC1(C(=O)O)Cc2ccccc2C1.Cl. The molecule has 1 aliphatic rings. The van der Waals surface area contributed by atoms with Gasteiger partial charge < -0.3 is 5.11 Å². The number of hydrogen-bond donors (Lipinski definition) is 1. The van der Waals surface area contributed by atoms with Gasteiger partial charge in [-0.05, 0) is 24.0 Å². The van der Waals surface area contributed by atoms with Gasteiger partial charge in [0.25, 0.3) is 0 Å². The van der Waals surface area contributed by atoms with Gasteiger partial charge in [-0.25, -0.2) is 0 Å². The Kier molecular flexibility index (Phi) is 3.20. The van der Waals surface area contributed by atoms with Gasteiger partial charge in [0.05, 0.1) is 5.41 Å². The molecular weight excluding hydrogens is 212 g/mol. The smallest absolute Gasteiger partial charge is 0.314 e. The Hall–Kier alpha value is -1.28. The number of halogens is 1. The normalized spacial score (nSPS) is 16.3. The Morgan fingerprint density at radius 1 is 1.33 bits per heavy atom. The van der Waals surface area contributed by atoms with E-state index >= 15 is 0 Å². The molecule has 0 spiro atoms. The average Bonchev–Trinajstić information content (AvgIpc) is 2.57. The topological polar surface area (TPSA) is 37.3 Å². The molecule has 0 bridgehead atoms. The summed E-state index contributed by atoms with van der Waals surface area (Å²) in [5, 5.41) is 9.16. The minimum Gasteiger partial charge on any atom is -0.481 e. The summed E-state index contributed by atoms with van der Waals surface area (Å²) < 4.78 is 0. The van der Waals surface area contributed by atoms with E-state index in [0.717, 1.165) is 11.1 Å². The van der Waals surface area contributed by atoms with Crippen LogP contribution >= 0.6 is 12.4 Å². The molecule has 1 aliphatic carbocycles. The number of rotatable bonds is 2. The minimum atomic E-state index is -0.774. The summed E-state index contributed by atoms with van der Waals surface area (Å²) in [5.41, 5.74) is 1.49. The number of fused-ring (bicyclic) bond motifs is 1. The molecule has 0 aromatic heterocycles. The highest BCUT2D eigenvalue weighted by Gasteiger charge is 2.41. The second-order valence-corrected chi connectivity index (χ2v) is 3.79. The third kappa shape index (κ3) is 1.77. The molecule has 1 aromatic rings. The van der Waals surface area contributed by atoms with Crippen LogP contribution in [0.15, 0.2) is 36.9 Å². The van der Waals surface area contributed by atoms with Crippen molar-refractivity contribution in [1.29, 1.82) is 0 Å². The highest BCUT2D eigenvalue weighted by Crippen LogP contribution is 2.37. The van der Waals surface area contributed by atoms with Crippen LogP contribution < -0.4 is 0 Å². The van der Waals surface area contributed by atoms with Crippen LogP contribution in [0.3, 0.4) is 0 Å². The minimum absolute atomic E-state index is 0. The first kappa shape index (κ1) is 11.8. The van der Waals surface area contributed by atoms with Gasteiger partial charge in [-0.15, -0.1) is 19.0 Å². The van der Waals surface area contributed by atoms with Crippen LogP contribution in [0, 0.1) is 5.41 Å². The Morgan fingerprint density at radius 2 is 1.80 bits per heavy atom. The van der Waals surface area contributed by atoms with Gasteiger partial charge in [0.15, 0.2) is 0 Å². The summed E-state index contributed by atoms with van der Waals surface area (Å²) in [4.78, 5) is 11.2. The van der Waals surface area contributed by atoms with E-state index < -0.39 is 11.4 Å². The lowest BCUT2D eigenvalue weighted by atomic mass is 9.85. The molecule has 0 saturated heterocycles. The third-order valence-electron chi connectivity index (χ3n) is 2.95. The van der Waals surface area contributed by atoms with Gasteiger partial charge in [0, 0.05) is 0 Å². The van der Waals surface area contributed by atoms with Crippen molar-refractivity contribution < 1.29 is 9.90 Å². The van der Waals surface area contributed by atoms with E-state index in [0.29, 0.717) is 12.8 Å². The predicted octanol–water partition coefficient (Wildman–Crippen LogP) is 2.46. The molecule has 0 aliphatic heterocycles. The van der Waals surface area contributed by atoms with Gasteiger partial charge in [0.1, 0.15) is 0 Å². The fourth-order valence-corrected chi connectivity index (χ4v) is 2.03. The van der Waals surface area contributed by atoms with Crippen molar-refractivity contribution in [2.75, 3.05) is 0 Å². The third-order valence-corrected chi connectivity index (χ3v) is 2.95. The van der Waals surface area contributed by atoms with Crippen LogP contribution in [0.2, 0.25) is 0 Å². The van der Waals surface area contributed by atoms with E-state index in [1.165, 1.54) is 0 Å². The summed E-state index contributed by atoms with van der Waals surface area (Å²) in [6, 6.07) is 7.87. The largest absolute Gasteiger partial charge is 0.481 e. The quantitative estimate of drug-likeness (QED) is 0.784. The first-order chi connectivity index (χ1) is 6.68. The summed E-state index contributed by atoms with van der Waals surface area (Å²) in [7, 11) is 0. The molecular formula is C12H13ClO2. The van der Waals surface area contributed by atoms with Crippen LogP contribution in [0.1, 0.15) is 11.1 Å². The van der Waals surface area contributed by atoms with E-state index in [1.807, 2.05) is 24.3 Å². The van der Waals surface area contributed by atoms with Crippen LogP contribution in [-0.2, 0) is 17.6 Å². The monoisotopic (exact) mass is 224 g/mol. The number of carbonyl (C=O) groups is 1. The van der Waals surface area contributed by atoms with Crippen LogP contribution in [0.25, 0.3) is 0 Å². The second-order valence-electron chi connectivity index (χ2n) is 3.79. The van der Waals surface area contributed by atoms with Gasteiger partial charge in [-0.3, -0.25) is 4.79 Å². The van der Waals surface area contributed by atoms with Crippen molar-refractivity contribution in [3.63, 3.8) is 0 Å². The van der Waals surface area contributed by atoms with Gasteiger partial charge in [0.2, 0.25) is 0 Å². The van der Waals surface area contributed by atoms with Gasteiger partial charge in [-0.2, -0.15) is 0 Å². The van der Waals surface area contributed by atoms with E-state index in [-0.39, 0.29) is 12.4 Å². The zero-order valence-electron chi connectivity index (χ0n) is 8.27. The summed E-state index contributed by atoms with van der Waals surface area (Å²) >= 11 is 0. The average molecular weight is 225 g/mol. The van der Waals surface area contributed by atoms with Crippen molar-refractivity contribution in [1.82, 2.24) is 0 Å². The first-order valence-electron chi connectivity index (χ1n) is 4.62. The molecule has 15 heavy (non-hydrogen) atoms. The number of aliphatic carboxylic acids is 1. The number of hydrogen-bond acceptors (Lipinski definition) is 1. The lowest BCUT2D eigenvalue weighted by molar-refractivity contribution is -0.145. The molecule has 0 fully saturated rings. The van der Waals surface area contributed by atoms with Gasteiger partial charge >= 0.3 is 5.97 Å². The first-order valence-corrected chi connectivity index (χ1v) is 4.62. The molecule has 0 radical (unpaired) electrons. The van der Waals surface area contributed by atoms with Crippen LogP contribution in [0.5, 0.6) is 0 Å². The van der Waals surface area contributed by atoms with Crippen LogP contribution in [0.4, 0.5) is 0 Å². The lowest BCUT2D eigenvalue weighted by Gasteiger charge is -2.17. The maximum atomic E-state index is 11.2. The van der Waals surface area contributed by atoms with Crippen molar-refractivity contribution in [2.24, 2.45) is 5.41 Å². The van der Waals surface area contributed by atoms with E-state index in [9.17, 15) is 4.79 Å². The summed E-state index contributed by atoms with van der Waals surface area (Å²) in [6.07, 6.45) is 2.71. The Balaban J connectivity index is 0.00000112. The molecule has 0 atom stereocenters. The van der Waals surface area contributed by atoms with Crippen molar-refractivity contribution in [2.45, 2.75) is 12.8 Å². The number of carboxylic acids is 1. The molecule has 0 heterocycles. The van der Waals surface area contributed by atoms with E-state index in [4.69, 9.17) is 5.11 Å². The molecule has 0 saturated carbocycles. The number of carboxylic acid groups (broad SMARTS) is 1. The summed E-state index contributed by atoms with van der Waals surface area (Å²) in [6.45, 7) is 3.64. The lowest BCUT2D eigenvalue weighted by Crippen LogP contribution is -2.29. The van der Waals surface area contributed by atoms with Crippen LogP contribution in [-0.4, -0.2) is 11.1 Å².